The van der Waals surface area contributed by atoms with Crippen molar-refractivity contribution in [3.63, 3.8) is 0 Å². The van der Waals surface area contributed by atoms with Gasteiger partial charge in [-0.15, -0.1) is 0 Å². The van der Waals surface area contributed by atoms with Gasteiger partial charge in [0.05, 0.1) is 6.04 Å². The molecule has 0 radical (unpaired) electrons. The van der Waals surface area contributed by atoms with E-state index in [1.165, 1.54) is 0 Å². The Balaban J connectivity index is 2.09. The lowest BCUT2D eigenvalue weighted by atomic mass is 10.0. The van der Waals surface area contributed by atoms with Gasteiger partial charge in [0.2, 0.25) is 5.89 Å². The van der Waals surface area contributed by atoms with Gasteiger partial charge in [-0.05, 0) is 23.6 Å². The summed E-state index contributed by atoms with van der Waals surface area (Å²) >= 11 is 3.45. The Bertz CT molecular complexity index is 541. The molecule has 0 saturated carbocycles. The standard InChI is InChI=1S/C14H18BrN3O/c1-3-9(2)13(16)14-17-12(18-19-14)8-10-5-4-6-11(15)7-10/h4-7,9,13H,3,8,16H2,1-2H3. The van der Waals surface area contributed by atoms with Crippen LogP contribution in [0.25, 0.3) is 0 Å². The maximum absolute atomic E-state index is 6.08. The number of nitrogens with zero attached hydrogens (tertiary/aromatic N) is 2. The zero-order valence-corrected chi connectivity index (χ0v) is 12.7. The first-order chi connectivity index (χ1) is 9.10. The second kappa shape index (κ2) is 6.30. The molecular formula is C14H18BrN3O. The maximum atomic E-state index is 6.08. The molecule has 2 aromatic rings. The number of nitrogens with two attached hydrogens (primary N) is 1. The Kier molecular flexibility index (Phi) is 4.71. The molecule has 2 N–H and O–H groups in total. The average Bonchev–Trinajstić information content (AvgIpc) is 2.85. The summed E-state index contributed by atoms with van der Waals surface area (Å²) in [5.74, 6) is 1.53. The zero-order chi connectivity index (χ0) is 13.8. The third-order valence-corrected chi connectivity index (χ3v) is 3.77. The van der Waals surface area contributed by atoms with Crippen LogP contribution in [0.3, 0.4) is 0 Å². The third-order valence-electron chi connectivity index (χ3n) is 3.28. The molecule has 0 amide bonds. The van der Waals surface area contributed by atoms with E-state index in [1.54, 1.807) is 0 Å². The van der Waals surface area contributed by atoms with E-state index in [0.717, 1.165) is 16.5 Å². The molecule has 0 aliphatic rings. The van der Waals surface area contributed by atoms with Crippen molar-refractivity contribution in [2.45, 2.75) is 32.7 Å². The number of halogens is 1. The molecule has 0 aliphatic carbocycles. The first-order valence-corrected chi connectivity index (χ1v) is 7.22. The summed E-state index contributed by atoms with van der Waals surface area (Å²) in [5, 5.41) is 4.00. The molecule has 1 aromatic carbocycles. The van der Waals surface area contributed by atoms with Gasteiger partial charge < -0.3 is 10.3 Å². The van der Waals surface area contributed by atoms with Gasteiger partial charge in [-0.1, -0.05) is 53.5 Å². The molecule has 102 valence electrons. The molecule has 4 nitrogen and oxygen atoms in total. The summed E-state index contributed by atoms with van der Waals surface area (Å²) in [6.45, 7) is 4.19. The second-order valence-corrected chi connectivity index (χ2v) is 5.68. The van der Waals surface area contributed by atoms with Crippen LogP contribution in [-0.2, 0) is 6.42 Å². The van der Waals surface area contributed by atoms with Crippen LogP contribution in [0.4, 0.5) is 0 Å². The van der Waals surface area contributed by atoms with E-state index in [2.05, 4.69) is 39.9 Å². The number of hydrogen-bond acceptors (Lipinski definition) is 4. The van der Waals surface area contributed by atoms with Crippen molar-refractivity contribution in [2.24, 2.45) is 11.7 Å². The highest BCUT2D eigenvalue weighted by Crippen LogP contribution is 2.21. The summed E-state index contributed by atoms with van der Waals surface area (Å²) in [5.41, 5.74) is 7.21. The van der Waals surface area contributed by atoms with E-state index < -0.39 is 0 Å². The number of benzene rings is 1. The van der Waals surface area contributed by atoms with Crippen molar-refractivity contribution >= 4 is 15.9 Å². The third kappa shape index (κ3) is 3.64. The van der Waals surface area contributed by atoms with Gasteiger partial charge >= 0.3 is 0 Å². The Morgan fingerprint density at radius 3 is 2.89 bits per heavy atom. The van der Waals surface area contributed by atoms with E-state index in [1.807, 2.05) is 24.3 Å². The molecule has 0 spiro atoms. The number of aromatic nitrogens is 2. The minimum atomic E-state index is -0.186. The predicted molar refractivity (Wildman–Crippen MR) is 77.6 cm³/mol. The van der Waals surface area contributed by atoms with Crippen LogP contribution >= 0.6 is 15.9 Å². The quantitative estimate of drug-likeness (QED) is 0.914. The predicted octanol–water partition coefficient (Wildman–Crippen LogP) is 3.47. The highest BCUT2D eigenvalue weighted by molar-refractivity contribution is 9.10. The normalized spacial score (nSPS) is 14.3. The van der Waals surface area contributed by atoms with Gasteiger partial charge in [0.25, 0.3) is 0 Å². The monoisotopic (exact) mass is 323 g/mol. The molecule has 0 saturated heterocycles. The van der Waals surface area contributed by atoms with E-state index in [9.17, 15) is 0 Å². The molecule has 0 bridgehead atoms. The van der Waals surface area contributed by atoms with Gasteiger partial charge in [-0.25, -0.2) is 0 Å². The van der Waals surface area contributed by atoms with Gasteiger partial charge in [0, 0.05) is 10.9 Å². The summed E-state index contributed by atoms with van der Waals surface area (Å²) < 4.78 is 6.30. The van der Waals surface area contributed by atoms with Crippen LogP contribution in [-0.4, -0.2) is 10.1 Å². The molecule has 1 aromatic heterocycles. The summed E-state index contributed by atoms with van der Waals surface area (Å²) in [7, 11) is 0. The van der Waals surface area contributed by atoms with E-state index in [-0.39, 0.29) is 6.04 Å². The molecule has 2 unspecified atom stereocenters. The average molecular weight is 324 g/mol. The van der Waals surface area contributed by atoms with Crippen molar-refractivity contribution in [1.29, 1.82) is 0 Å². The van der Waals surface area contributed by atoms with E-state index >= 15 is 0 Å². The van der Waals surface area contributed by atoms with Crippen molar-refractivity contribution < 1.29 is 4.52 Å². The SMILES string of the molecule is CCC(C)C(N)c1nc(Cc2cccc(Br)c2)no1. The smallest absolute Gasteiger partial charge is 0.243 e. The lowest BCUT2D eigenvalue weighted by molar-refractivity contribution is 0.310. The lowest BCUT2D eigenvalue weighted by Gasteiger charge is -2.12. The minimum absolute atomic E-state index is 0.186. The van der Waals surface area contributed by atoms with Crippen LogP contribution in [0.1, 0.15) is 43.6 Å². The minimum Gasteiger partial charge on any atom is -0.338 e. The van der Waals surface area contributed by atoms with Crippen LogP contribution in [0.2, 0.25) is 0 Å². The van der Waals surface area contributed by atoms with Crippen LogP contribution in [0, 0.1) is 5.92 Å². The fraction of sp³-hybridized carbons (Fsp3) is 0.429. The second-order valence-electron chi connectivity index (χ2n) is 4.77. The molecule has 2 atom stereocenters. The first kappa shape index (κ1) is 14.2. The van der Waals surface area contributed by atoms with Crippen LogP contribution in [0.15, 0.2) is 33.3 Å². The van der Waals surface area contributed by atoms with Crippen molar-refractivity contribution in [3.05, 3.63) is 46.0 Å². The number of rotatable bonds is 5. The van der Waals surface area contributed by atoms with Gasteiger partial charge in [0.1, 0.15) is 0 Å². The van der Waals surface area contributed by atoms with Gasteiger partial charge in [-0.3, -0.25) is 0 Å². The largest absolute Gasteiger partial charge is 0.338 e. The van der Waals surface area contributed by atoms with E-state index in [0.29, 0.717) is 24.1 Å². The molecule has 0 fully saturated rings. The van der Waals surface area contributed by atoms with Crippen LogP contribution < -0.4 is 5.73 Å². The van der Waals surface area contributed by atoms with E-state index in [4.69, 9.17) is 10.3 Å². The van der Waals surface area contributed by atoms with Gasteiger partial charge in [0.15, 0.2) is 5.82 Å². The Morgan fingerprint density at radius 2 is 2.21 bits per heavy atom. The summed E-state index contributed by atoms with van der Waals surface area (Å²) in [6, 6.07) is 7.88. The maximum Gasteiger partial charge on any atom is 0.243 e. The summed E-state index contributed by atoms with van der Waals surface area (Å²) in [4.78, 5) is 4.39. The lowest BCUT2D eigenvalue weighted by Crippen LogP contribution is -2.18. The Labute approximate surface area is 121 Å². The molecule has 1 heterocycles. The zero-order valence-electron chi connectivity index (χ0n) is 11.1. The fourth-order valence-corrected chi connectivity index (χ4v) is 2.25. The molecule has 0 aliphatic heterocycles. The first-order valence-electron chi connectivity index (χ1n) is 6.42. The molecule has 5 heteroatoms. The highest BCUT2D eigenvalue weighted by atomic mass is 79.9. The highest BCUT2D eigenvalue weighted by Gasteiger charge is 2.19. The molecular weight excluding hydrogens is 306 g/mol. The number of hydrogen-bond donors (Lipinski definition) is 1. The Morgan fingerprint density at radius 1 is 1.42 bits per heavy atom. The van der Waals surface area contributed by atoms with Crippen LogP contribution in [0.5, 0.6) is 0 Å². The topological polar surface area (TPSA) is 64.9 Å². The Hall–Kier alpha value is -1.20. The summed E-state index contributed by atoms with van der Waals surface area (Å²) in [6.07, 6.45) is 1.64. The van der Waals surface area contributed by atoms with Crippen molar-refractivity contribution in [3.8, 4) is 0 Å². The fourth-order valence-electron chi connectivity index (χ4n) is 1.80. The van der Waals surface area contributed by atoms with Crippen molar-refractivity contribution in [2.75, 3.05) is 0 Å². The van der Waals surface area contributed by atoms with Crippen molar-refractivity contribution in [1.82, 2.24) is 10.1 Å². The molecule has 2 rings (SSSR count). The van der Waals surface area contributed by atoms with Gasteiger partial charge in [-0.2, -0.15) is 4.98 Å². The molecule has 19 heavy (non-hydrogen) atoms.